The molecule has 1 unspecified atom stereocenters. The van der Waals surface area contributed by atoms with Crippen LogP contribution < -0.4 is 20.1 Å². The topological polar surface area (TPSA) is 150 Å². The Bertz CT molecular complexity index is 1430. The van der Waals surface area contributed by atoms with Gasteiger partial charge in [0.15, 0.2) is 23.2 Å². The van der Waals surface area contributed by atoms with Crippen molar-refractivity contribution in [2.45, 2.75) is 38.3 Å². The second-order valence-corrected chi connectivity index (χ2v) is 9.69. The van der Waals surface area contributed by atoms with Crippen LogP contribution in [0.1, 0.15) is 52.4 Å². The van der Waals surface area contributed by atoms with Gasteiger partial charge in [-0.05, 0) is 55.0 Å². The first-order valence-corrected chi connectivity index (χ1v) is 12.7. The van der Waals surface area contributed by atoms with E-state index in [2.05, 4.69) is 15.6 Å². The smallest absolute Gasteiger partial charge is 0.244 e. The van der Waals surface area contributed by atoms with Gasteiger partial charge >= 0.3 is 0 Å². The van der Waals surface area contributed by atoms with E-state index in [4.69, 9.17) is 9.47 Å². The maximum absolute atomic E-state index is 13.2. The number of carbonyl (C=O) groups excluding carboxylic acids is 3. The van der Waals surface area contributed by atoms with Crippen molar-refractivity contribution in [2.75, 3.05) is 6.79 Å². The molecule has 202 valence electrons. The van der Waals surface area contributed by atoms with Gasteiger partial charge in [-0.3, -0.25) is 19.4 Å². The van der Waals surface area contributed by atoms with E-state index < -0.39 is 35.6 Å². The predicted octanol–water partition coefficient (Wildman–Crippen LogP) is 3.50. The Morgan fingerprint density at radius 1 is 1.03 bits per heavy atom. The maximum Gasteiger partial charge on any atom is 0.244 e. The largest absolute Gasteiger partial charge is 0.494 e. The third-order valence-electron chi connectivity index (χ3n) is 6.87. The third kappa shape index (κ3) is 5.90. The highest BCUT2D eigenvalue weighted by atomic mass is 16.7. The first-order valence-electron chi connectivity index (χ1n) is 12.7. The molecule has 5 N–H and O–H groups in total. The Balaban J connectivity index is 1.28. The van der Waals surface area contributed by atoms with Crippen LogP contribution in [0.15, 0.2) is 54.6 Å². The van der Waals surface area contributed by atoms with Crippen LogP contribution in [0, 0.1) is 12.8 Å². The summed E-state index contributed by atoms with van der Waals surface area (Å²) in [6.07, 6.45) is 4.44. The van der Waals surface area contributed by atoms with Crippen LogP contribution in [0.4, 0.5) is 0 Å². The number of fused-ring (bicyclic) bond motifs is 1. The van der Waals surface area contributed by atoms with E-state index in [1.807, 2.05) is 30.3 Å². The van der Waals surface area contributed by atoms with Crippen LogP contribution in [-0.2, 0) is 9.59 Å². The van der Waals surface area contributed by atoms with Crippen LogP contribution in [0.5, 0.6) is 23.3 Å². The second-order valence-electron chi connectivity index (χ2n) is 9.69. The number of carbonyl (C=O) groups is 3. The van der Waals surface area contributed by atoms with Crippen molar-refractivity contribution in [3.05, 3.63) is 76.9 Å². The van der Waals surface area contributed by atoms with Crippen molar-refractivity contribution >= 4 is 23.7 Å². The number of hydrogen-bond acceptors (Lipinski definition) is 7. The third-order valence-corrected chi connectivity index (χ3v) is 6.87. The monoisotopic (exact) mass is 531 g/mol. The van der Waals surface area contributed by atoms with Crippen LogP contribution >= 0.6 is 0 Å². The van der Waals surface area contributed by atoms with Crippen LogP contribution in [0.3, 0.4) is 0 Å². The zero-order valence-electron chi connectivity index (χ0n) is 21.3. The quantitative estimate of drug-likeness (QED) is 0.198. The average Bonchev–Trinajstić information content (AvgIpc) is 3.60. The SMILES string of the molecule is Cc1c(O)[nH]c(O)c1C(=O)C(NC(=O)C[C@H](NC(=O)C=Cc1ccc2c(c1)OCO2)c1ccccc1)C1CC1. The standard InChI is InChI=1S/C29H29N3O7/c1-16-25(29(37)32-28(16)36)27(35)26(19-9-10-19)31-24(34)14-20(18-5-3-2-4-6-18)30-23(33)12-8-17-7-11-21-22(13-17)39-15-38-21/h2-8,11-13,19-20,26,32,36-37H,9-10,14-15H2,1H3,(H,30,33)(H,31,34)/t20-,26?/m0/s1. The molecule has 0 bridgehead atoms. The minimum atomic E-state index is -0.852. The van der Waals surface area contributed by atoms with Gasteiger partial charge in [0.2, 0.25) is 24.5 Å². The summed E-state index contributed by atoms with van der Waals surface area (Å²) in [4.78, 5) is 41.6. The molecule has 10 heteroatoms. The number of hydrogen-bond donors (Lipinski definition) is 5. The van der Waals surface area contributed by atoms with E-state index in [9.17, 15) is 24.6 Å². The van der Waals surface area contributed by atoms with Crippen LogP contribution in [-0.4, -0.2) is 45.6 Å². The van der Waals surface area contributed by atoms with Gasteiger partial charge in [0.05, 0.1) is 24.1 Å². The number of aromatic nitrogens is 1. The predicted molar refractivity (Wildman–Crippen MR) is 141 cm³/mol. The normalized spacial score (nSPS) is 15.6. The van der Waals surface area contributed by atoms with Crippen molar-refractivity contribution < 1.29 is 34.1 Å². The number of ether oxygens (including phenoxy) is 2. The number of rotatable bonds is 10. The van der Waals surface area contributed by atoms with Gasteiger partial charge in [-0.1, -0.05) is 36.4 Å². The lowest BCUT2D eigenvalue weighted by Crippen LogP contribution is -2.44. The average molecular weight is 532 g/mol. The number of Topliss-reactive ketones (excluding diaryl/α,β-unsaturated/α-hetero) is 1. The Hall–Kier alpha value is -4.73. The number of aromatic hydroxyl groups is 2. The van der Waals surface area contributed by atoms with E-state index in [0.717, 1.165) is 24.0 Å². The fourth-order valence-corrected chi connectivity index (χ4v) is 4.61. The molecule has 1 aromatic heterocycles. The number of aromatic amines is 1. The van der Waals surface area contributed by atoms with Gasteiger partial charge in [0.25, 0.3) is 0 Å². The molecule has 2 amide bonds. The summed E-state index contributed by atoms with van der Waals surface area (Å²) in [5.74, 6) is -0.825. The van der Waals surface area contributed by atoms with Crippen LogP contribution in [0.2, 0.25) is 0 Å². The van der Waals surface area contributed by atoms with Gasteiger partial charge in [-0.25, -0.2) is 0 Å². The van der Waals surface area contributed by atoms with Crippen LogP contribution in [0.25, 0.3) is 6.08 Å². The van der Waals surface area contributed by atoms with Gasteiger partial charge in [-0.2, -0.15) is 0 Å². The first-order chi connectivity index (χ1) is 18.8. The lowest BCUT2D eigenvalue weighted by atomic mass is 9.98. The Morgan fingerprint density at radius 2 is 1.77 bits per heavy atom. The number of amides is 2. The molecule has 2 aromatic carbocycles. The molecule has 10 nitrogen and oxygen atoms in total. The fraction of sp³-hybridized carbons (Fsp3) is 0.276. The summed E-state index contributed by atoms with van der Waals surface area (Å²) in [5.41, 5.74) is 1.67. The van der Waals surface area contributed by atoms with Gasteiger partial charge in [0, 0.05) is 11.6 Å². The number of H-pyrrole nitrogens is 1. The van der Waals surface area contributed by atoms with E-state index in [-0.39, 0.29) is 36.1 Å². The summed E-state index contributed by atoms with van der Waals surface area (Å²) in [5, 5.41) is 25.7. The van der Waals surface area contributed by atoms with Crippen molar-refractivity contribution in [3.8, 4) is 23.3 Å². The molecule has 0 radical (unpaired) electrons. The highest BCUT2D eigenvalue weighted by Crippen LogP contribution is 2.37. The molecule has 1 fully saturated rings. The molecular weight excluding hydrogens is 502 g/mol. The molecule has 1 saturated carbocycles. The van der Waals surface area contributed by atoms with Gasteiger partial charge < -0.3 is 30.3 Å². The molecule has 39 heavy (non-hydrogen) atoms. The fourth-order valence-electron chi connectivity index (χ4n) is 4.61. The van der Waals surface area contributed by atoms with E-state index in [1.165, 1.54) is 13.0 Å². The highest BCUT2D eigenvalue weighted by Gasteiger charge is 2.40. The van der Waals surface area contributed by atoms with Gasteiger partial charge in [0.1, 0.15) is 0 Å². The molecule has 0 saturated heterocycles. The minimum Gasteiger partial charge on any atom is -0.494 e. The molecule has 5 rings (SSSR count). The van der Waals surface area contributed by atoms with Crippen molar-refractivity contribution in [3.63, 3.8) is 0 Å². The van der Waals surface area contributed by atoms with E-state index in [0.29, 0.717) is 11.5 Å². The number of nitrogens with one attached hydrogen (secondary N) is 3. The molecule has 2 atom stereocenters. The molecule has 0 spiro atoms. The molecule has 2 heterocycles. The number of ketones is 1. The summed E-state index contributed by atoms with van der Waals surface area (Å²) in [6.45, 7) is 1.67. The molecule has 3 aromatic rings. The summed E-state index contributed by atoms with van der Waals surface area (Å²) < 4.78 is 10.7. The molecule has 1 aliphatic carbocycles. The highest BCUT2D eigenvalue weighted by molar-refractivity contribution is 6.05. The van der Waals surface area contributed by atoms with Crippen molar-refractivity contribution in [1.29, 1.82) is 0 Å². The second kappa shape index (κ2) is 10.9. The van der Waals surface area contributed by atoms with E-state index in [1.54, 1.807) is 24.3 Å². The Kier molecular flexibility index (Phi) is 7.27. The summed E-state index contributed by atoms with van der Waals surface area (Å²) in [6, 6.07) is 12.9. The Morgan fingerprint density at radius 3 is 2.46 bits per heavy atom. The zero-order chi connectivity index (χ0) is 27.5. The molecule has 2 aliphatic rings. The summed E-state index contributed by atoms with van der Waals surface area (Å²) >= 11 is 0. The lowest BCUT2D eigenvalue weighted by Gasteiger charge is -2.21. The van der Waals surface area contributed by atoms with E-state index >= 15 is 0 Å². The van der Waals surface area contributed by atoms with Crippen molar-refractivity contribution in [1.82, 2.24) is 15.6 Å². The first kappa shape index (κ1) is 25.9. The number of benzene rings is 2. The van der Waals surface area contributed by atoms with Crippen molar-refractivity contribution in [2.24, 2.45) is 5.92 Å². The summed E-state index contributed by atoms with van der Waals surface area (Å²) in [7, 11) is 0. The maximum atomic E-state index is 13.2. The molecular formula is C29H29N3O7. The van der Waals surface area contributed by atoms with Gasteiger partial charge in [-0.15, -0.1) is 0 Å². The Labute approximate surface area is 224 Å². The minimum absolute atomic E-state index is 0.0359. The molecule has 1 aliphatic heterocycles. The lowest BCUT2D eigenvalue weighted by molar-refractivity contribution is -0.122. The zero-order valence-corrected chi connectivity index (χ0v) is 21.3.